The number of nitrogens with zero attached hydrogens (tertiary/aromatic N) is 4. The molecule has 3 aliphatic heterocycles. The second kappa shape index (κ2) is 21.2. The van der Waals surface area contributed by atoms with E-state index in [4.69, 9.17) is 15.1 Å². The lowest BCUT2D eigenvalue weighted by Gasteiger charge is -2.32. The third-order valence-corrected chi connectivity index (χ3v) is 14.7. The number of piperidine rings is 2. The van der Waals surface area contributed by atoms with Gasteiger partial charge in [0.2, 0.25) is 17.7 Å². The minimum absolute atomic E-state index is 0.0479. The molecule has 0 aliphatic carbocycles. The lowest BCUT2D eigenvalue weighted by atomic mass is 9.88. The molecule has 4 aromatic carbocycles. The van der Waals surface area contributed by atoms with E-state index in [1.807, 2.05) is 84.6 Å². The number of anilines is 4. The number of likely N-dealkylation sites (tertiary alicyclic amines) is 1. The Labute approximate surface area is 415 Å². The van der Waals surface area contributed by atoms with Crippen LogP contribution in [0.2, 0.25) is 0 Å². The van der Waals surface area contributed by atoms with E-state index in [0.717, 1.165) is 64.8 Å². The first-order valence-corrected chi connectivity index (χ1v) is 24.9. The number of ether oxygens (including phenoxy) is 1. The summed E-state index contributed by atoms with van der Waals surface area (Å²) in [6.45, 7) is 7.55. The van der Waals surface area contributed by atoms with E-state index in [9.17, 15) is 29.1 Å². The Morgan fingerprint density at radius 2 is 1.70 bits per heavy atom. The number of aromatic carboxylic acids is 1. The third kappa shape index (κ3) is 11.1. The van der Waals surface area contributed by atoms with Crippen LogP contribution in [-0.4, -0.2) is 95.1 Å². The molecule has 2 fully saturated rings. The lowest BCUT2D eigenvalue weighted by Crippen LogP contribution is -2.44. The van der Waals surface area contributed by atoms with Gasteiger partial charge in [0.25, 0.3) is 5.91 Å². The van der Waals surface area contributed by atoms with Crippen LogP contribution < -0.4 is 30.9 Å². The van der Waals surface area contributed by atoms with Crippen LogP contribution in [0.15, 0.2) is 91.0 Å². The highest BCUT2D eigenvalue weighted by molar-refractivity contribution is 7.22. The molecule has 6 aromatic rings. The van der Waals surface area contributed by atoms with E-state index in [0.29, 0.717) is 76.8 Å². The van der Waals surface area contributed by atoms with Crippen molar-refractivity contribution in [2.45, 2.75) is 58.9 Å². The Bertz CT molecular complexity index is 3020. The molecule has 1 unspecified atom stereocenters. The second-order valence-corrected chi connectivity index (χ2v) is 19.8. The van der Waals surface area contributed by atoms with E-state index >= 15 is 0 Å². The first-order valence-electron chi connectivity index (χ1n) is 24.1. The number of carbonyl (C=O) groups is 5. The van der Waals surface area contributed by atoms with E-state index in [2.05, 4.69) is 38.1 Å². The molecule has 16 nitrogen and oxygen atoms in total. The standard InChI is InChI=1S/C54H57N9O7S/c1-31(25-33-19-22-62(23-20-33)29-48(65)57-35-11-13-40(44(27-35)56-3)49(55)41-16-18-47(64)60-52(41)67)30-70-36-12-14-37(32(2)26-36)38-15-17-46(59-50(38)53(68)69)63-24-21-34-7-6-8-39(42(34)28-63)51(66)61-54-58-43-9-4-5-10-45(43)71-54/h4-15,17,26-27,31,33,41,55-56H,16,18-25,28-30H2,1-3H3,(H,57,65)(H,68,69)(H,58,61,66)(H,60,64,67)/t31-,41?/m1/s1. The molecule has 3 aliphatic rings. The first-order chi connectivity index (χ1) is 34.3. The Hall–Kier alpha value is -7.50. The fourth-order valence-electron chi connectivity index (χ4n) is 9.99. The topological polar surface area (TPSA) is 219 Å². The zero-order valence-corrected chi connectivity index (χ0v) is 40.8. The fourth-order valence-corrected chi connectivity index (χ4v) is 10.9. The highest BCUT2D eigenvalue weighted by Crippen LogP contribution is 2.34. The Balaban J connectivity index is 0.750. The summed E-state index contributed by atoms with van der Waals surface area (Å²) in [6.07, 6.45) is 4.09. The quantitative estimate of drug-likeness (QED) is 0.0398. The van der Waals surface area contributed by atoms with E-state index < -0.39 is 17.8 Å². The first kappa shape index (κ1) is 48.5. The number of benzene rings is 4. The van der Waals surface area contributed by atoms with Crippen LogP contribution in [0.5, 0.6) is 5.75 Å². The van der Waals surface area contributed by atoms with Gasteiger partial charge in [-0.3, -0.25) is 34.7 Å². The molecule has 2 aromatic heterocycles. The molecular formula is C54H57N9O7S. The van der Waals surface area contributed by atoms with E-state index in [1.165, 1.54) is 11.3 Å². The van der Waals surface area contributed by atoms with Gasteiger partial charge in [0, 0.05) is 54.6 Å². The normalized spacial score (nSPS) is 16.7. The molecular weight excluding hydrogens is 919 g/mol. The molecule has 2 atom stereocenters. The van der Waals surface area contributed by atoms with Crippen LogP contribution in [0.25, 0.3) is 21.3 Å². The molecule has 366 valence electrons. The number of amides is 4. The van der Waals surface area contributed by atoms with Gasteiger partial charge in [-0.05, 0) is 147 Å². The van der Waals surface area contributed by atoms with E-state index in [-0.39, 0.29) is 54.4 Å². The van der Waals surface area contributed by atoms with Crippen molar-refractivity contribution in [2.24, 2.45) is 17.8 Å². The molecule has 17 heteroatoms. The highest BCUT2D eigenvalue weighted by atomic mass is 32.1. The average molecular weight is 976 g/mol. The van der Waals surface area contributed by atoms with Crippen LogP contribution >= 0.6 is 11.3 Å². The number of aryl methyl sites for hydroxylation is 1. The summed E-state index contributed by atoms with van der Waals surface area (Å²) >= 11 is 1.42. The van der Waals surface area contributed by atoms with E-state index in [1.54, 1.807) is 25.2 Å². The molecule has 4 amide bonds. The lowest BCUT2D eigenvalue weighted by molar-refractivity contribution is -0.134. The van der Waals surface area contributed by atoms with Crippen molar-refractivity contribution in [3.8, 4) is 16.9 Å². The number of nitrogens with one attached hydrogen (secondary N) is 5. The van der Waals surface area contributed by atoms with Gasteiger partial charge < -0.3 is 30.8 Å². The number of fused-ring (bicyclic) bond motifs is 2. The van der Waals surface area contributed by atoms with Gasteiger partial charge in [-0.15, -0.1) is 0 Å². The van der Waals surface area contributed by atoms with Crippen LogP contribution in [0.4, 0.5) is 22.3 Å². The Morgan fingerprint density at radius 1 is 0.901 bits per heavy atom. The largest absolute Gasteiger partial charge is 0.493 e. The predicted octanol–water partition coefficient (Wildman–Crippen LogP) is 8.40. The van der Waals surface area contributed by atoms with Gasteiger partial charge in [-0.2, -0.15) is 0 Å². The molecule has 0 bridgehead atoms. The molecule has 6 N–H and O–H groups in total. The smallest absolute Gasteiger partial charge is 0.355 e. The van der Waals surface area contributed by atoms with Crippen molar-refractivity contribution in [1.29, 1.82) is 5.41 Å². The minimum Gasteiger partial charge on any atom is -0.493 e. The predicted molar refractivity (Wildman–Crippen MR) is 276 cm³/mol. The number of thiazole rings is 1. The average Bonchev–Trinajstić information content (AvgIpc) is 3.78. The van der Waals surface area contributed by atoms with Crippen molar-refractivity contribution in [3.63, 3.8) is 0 Å². The van der Waals surface area contributed by atoms with Crippen LogP contribution in [0.3, 0.4) is 0 Å². The zero-order chi connectivity index (χ0) is 49.8. The SMILES string of the molecule is CNc1cc(NC(=O)CN2CCC(C[C@@H](C)COc3ccc(-c4ccc(N5CCc6cccc(C(=O)Nc7nc8ccccc8s7)c6C5)nc4C(=O)O)c(C)c3)CC2)ccc1C(=N)C1CCC(=O)NC1=O. The molecule has 0 saturated carbocycles. The number of hydrogen-bond donors (Lipinski definition) is 6. The monoisotopic (exact) mass is 975 g/mol. The van der Waals surface area contributed by atoms with Crippen molar-refractivity contribution in [3.05, 3.63) is 125 Å². The summed E-state index contributed by atoms with van der Waals surface area (Å²) in [5.41, 5.74) is 7.29. The number of pyridine rings is 1. The second-order valence-electron chi connectivity index (χ2n) is 18.8. The number of hydrogen-bond acceptors (Lipinski definition) is 13. The van der Waals surface area contributed by atoms with Crippen molar-refractivity contribution in [2.75, 3.05) is 60.7 Å². The van der Waals surface area contributed by atoms with Crippen LogP contribution in [-0.2, 0) is 27.3 Å². The zero-order valence-electron chi connectivity index (χ0n) is 40.0. The van der Waals surface area contributed by atoms with Gasteiger partial charge >= 0.3 is 5.97 Å². The highest BCUT2D eigenvalue weighted by Gasteiger charge is 2.32. The van der Waals surface area contributed by atoms with Gasteiger partial charge in [0.05, 0.1) is 35.0 Å². The summed E-state index contributed by atoms with van der Waals surface area (Å²) in [5, 5.41) is 31.0. The molecule has 0 spiro atoms. The molecule has 5 heterocycles. The van der Waals surface area contributed by atoms with Gasteiger partial charge in [0.1, 0.15) is 11.6 Å². The van der Waals surface area contributed by atoms with Crippen LogP contribution in [0, 0.1) is 30.1 Å². The third-order valence-electron chi connectivity index (χ3n) is 13.7. The fraction of sp³-hybridized carbons (Fsp3) is 0.333. The molecule has 2 saturated heterocycles. The Morgan fingerprint density at radius 3 is 2.46 bits per heavy atom. The number of imide groups is 1. The number of carbonyl (C=O) groups excluding carboxylic acids is 4. The maximum Gasteiger partial charge on any atom is 0.355 e. The van der Waals surface area contributed by atoms with Gasteiger partial charge in [-0.25, -0.2) is 14.8 Å². The summed E-state index contributed by atoms with van der Waals surface area (Å²) < 4.78 is 7.28. The van der Waals surface area contributed by atoms with Crippen molar-refractivity contribution >= 4 is 79.2 Å². The van der Waals surface area contributed by atoms with Gasteiger partial charge in [0.15, 0.2) is 10.8 Å². The maximum atomic E-state index is 13.6. The number of para-hydroxylation sites is 1. The van der Waals surface area contributed by atoms with Crippen molar-refractivity contribution < 1.29 is 33.8 Å². The maximum absolute atomic E-state index is 13.6. The number of aromatic nitrogens is 2. The molecule has 0 radical (unpaired) electrons. The summed E-state index contributed by atoms with van der Waals surface area (Å²) in [4.78, 5) is 76.9. The van der Waals surface area contributed by atoms with Crippen LogP contribution in [0.1, 0.15) is 82.1 Å². The summed E-state index contributed by atoms with van der Waals surface area (Å²) in [7, 11) is 1.72. The number of rotatable bonds is 16. The number of carboxylic acid groups (broad SMARTS) is 1. The van der Waals surface area contributed by atoms with Crippen molar-refractivity contribution in [1.82, 2.24) is 20.2 Å². The van der Waals surface area contributed by atoms with Gasteiger partial charge in [-0.1, -0.05) is 48.6 Å². The minimum atomic E-state index is -1.13. The molecule has 9 rings (SSSR count). The molecule has 71 heavy (non-hydrogen) atoms. The Kier molecular flexibility index (Phi) is 14.5. The summed E-state index contributed by atoms with van der Waals surface area (Å²) in [5.74, 6) is -0.969. The summed E-state index contributed by atoms with van der Waals surface area (Å²) in [6, 6.07) is 28.1. The number of carboxylic acids is 1.